The van der Waals surface area contributed by atoms with Crippen molar-refractivity contribution in [3.63, 3.8) is 0 Å². The molecule has 0 fully saturated rings. The average molecular weight is 389 g/mol. The molecule has 4 heteroatoms. The summed E-state index contributed by atoms with van der Waals surface area (Å²) in [6.45, 7) is 20.4. The van der Waals surface area contributed by atoms with Gasteiger partial charge in [-0.05, 0) is 64.5 Å². The van der Waals surface area contributed by atoms with E-state index < -0.39 is 5.60 Å². The van der Waals surface area contributed by atoms with Crippen molar-refractivity contribution in [1.29, 1.82) is 0 Å². The minimum Gasteiger partial charge on any atom is -0.460 e. The van der Waals surface area contributed by atoms with Gasteiger partial charge in [-0.3, -0.25) is 4.79 Å². The van der Waals surface area contributed by atoms with Gasteiger partial charge in [-0.25, -0.2) is 0 Å². The number of ether oxygens (including phenoxy) is 2. The van der Waals surface area contributed by atoms with E-state index in [4.69, 9.17) is 9.47 Å². The number of esters is 1. The molecule has 26 heavy (non-hydrogen) atoms. The van der Waals surface area contributed by atoms with Gasteiger partial charge in [0.25, 0.3) is 0 Å². The van der Waals surface area contributed by atoms with Crippen LogP contribution in [0.3, 0.4) is 0 Å². The van der Waals surface area contributed by atoms with Gasteiger partial charge in [-0.1, -0.05) is 34.6 Å². The molecule has 0 aromatic carbocycles. The number of carbonyl (C=O) groups is 1. The summed E-state index contributed by atoms with van der Waals surface area (Å²) >= 11 is 4.14. The van der Waals surface area contributed by atoms with E-state index in [1.807, 2.05) is 13.8 Å². The van der Waals surface area contributed by atoms with Crippen LogP contribution in [0.2, 0.25) is 0 Å². The Bertz CT molecular complexity index is 416. The molecule has 0 bridgehead atoms. The van der Waals surface area contributed by atoms with E-state index in [0.29, 0.717) is 37.0 Å². The fraction of sp³-hybridized carbons (Fsp3) is 0.955. The fourth-order valence-electron chi connectivity index (χ4n) is 4.21. The Balaban J connectivity index is 4.90. The minimum atomic E-state index is -0.505. The van der Waals surface area contributed by atoms with Crippen LogP contribution in [0.15, 0.2) is 0 Å². The summed E-state index contributed by atoms with van der Waals surface area (Å²) in [7, 11) is 0. The summed E-state index contributed by atoms with van der Waals surface area (Å²) in [5, 5.41) is 0. The highest BCUT2D eigenvalue weighted by molar-refractivity contribution is 7.80. The molecule has 0 amide bonds. The van der Waals surface area contributed by atoms with E-state index in [-0.39, 0.29) is 17.0 Å². The fourth-order valence-corrected chi connectivity index (χ4v) is 4.37. The minimum absolute atomic E-state index is 0.133. The first kappa shape index (κ1) is 25.8. The molecule has 0 heterocycles. The molecule has 0 aliphatic heterocycles. The molecule has 156 valence electrons. The van der Waals surface area contributed by atoms with Crippen LogP contribution in [0.5, 0.6) is 0 Å². The van der Waals surface area contributed by atoms with Crippen molar-refractivity contribution < 1.29 is 14.3 Å². The maximum absolute atomic E-state index is 11.9. The number of thiol groups is 1. The molecular formula is C22H44O3S. The molecule has 0 saturated carbocycles. The maximum Gasteiger partial charge on any atom is 0.306 e. The number of hydrogen-bond acceptors (Lipinski definition) is 4. The number of carbonyl (C=O) groups excluding carboxylic acids is 1. The molecule has 1 unspecified atom stereocenters. The van der Waals surface area contributed by atoms with Gasteiger partial charge in [0.2, 0.25) is 0 Å². The highest BCUT2D eigenvalue weighted by atomic mass is 32.1. The lowest BCUT2D eigenvalue weighted by atomic mass is 9.60. The molecule has 3 nitrogen and oxygen atoms in total. The van der Waals surface area contributed by atoms with Crippen LogP contribution in [0.4, 0.5) is 0 Å². The normalized spacial score (nSPS) is 15.4. The molecular weight excluding hydrogens is 344 g/mol. The van der Waals surface area contributed by atoms with Gasteiger partial charge >= 0.3 is 5.97 Å². The Hall–Kier alpha value is -0.220. The van der Waals surface area contributed by atoms with E-state index in [1.165, 1.54) is 0 Å². The topological polar surface area (TPSA) is 35.5 Å². The largest absolute Gasteiger partial charge is 0.460 e. The molecule has 0 N–H and O–H groups in total. The van der Waals surface area contributed by atoms with Gasteiger partial charge < -0.3 is 9.47 Å². The van der Waals surface area contributed by atoms with E-state index in [2.05, 4.69) is 61.1 Å². The van der Waals surface area contributed by atoms with Crippen molar-refractivity contribution in [2.24, 2.45) is 17.3 Å². The molecule has 0 spiro atoms. The third kappa shape index (κ3) is 7.80. The van der Waals surface area contributed by atoms with Crippen LogP contribution in [-0.4, -0.2) is 29.5 Å². The molecule has 0 rings (SSSR count). The third-order valence-corrected chi connectivity index (χ3v) is 6.12. The zero-order valence-corrected chi connectivity index (χ0v) is 19.7. The Morgan fingerprint density at radius 3 is 2.08 bits per heavy atom. The van der Waals surface area contributed by atoms with Crippen molar-refractivity contribution in [2.45, 2.75) is 106 Å². The maximum atomic E-state index is 11.9. The van der Waals surface area contributed by atoms with Gasteiger partial charge in [0.1, 0.15) is 5.60 Å². The quantitative estimate of drug-likeness (QED) is 0.297. The second kappa shape index (κ2) is 10.9. The first-order valence-corrected chi connectivity index (χ1v) is 10.9. The van der Waals surface area contributed by atoms with Crippen LogP contribution < -0.4 is 0 Å². The van der Waals surface area contributed by atoms with Crippen molar-refractivity contribution in [3.05, 3.63) is 0 Å². The molecule has 0 aromatic rings. The van der Waals surface area contributed by atoms with Crippen molar-refractivity contribution >= 4 is 18.6 Å². The smallest absolute Gasteiger partial charge is 0.306 e. The Labute approximate surface area is 168 Å². The zero-order valence-electron chi connectivity index (χ0n) is 18.8. The Morgan fingerprint density at radius 1 is 1.08 bits per heavy atom. The van der Waals surface area contributed by atoms with Crippen LogP contribution in [0, 0.1) is 17.3 Å². The number of hydrogen-bond donors (Lipinski definition) is 1. The van der Waals surface area contributed by atoms with Gasteiger partial charge in [0, 0.05) is 18.3 Å². The first-order chi connectivity index (χ1) is 11.8. The molecule has 0 saturated heterocycles. The van der Waals surface area contributed by atoms with Crippen molar-refractivity contribution in [3.8, 4) is 0 Å². The first-order valence-electron chi connectivity index (χ1n) is 10.3. The van der Waals surface area contributed by atoms with Crippen LogP contribution >= 0.6 is 12.6 Å². The van der Waals surface area contributed by atoms with E-state index in [9.17, 15) is 4.79 Å². The monoisotopic (exact) mass is 388 g/mol. The second-order valence-electron chi connectivity index (χ2n) is 9.43. The van der Waals surface area contributed by atoms with Gasteiger partial charge in [-0.15, -0.1) is 0 Å². The van der Waals surface area contributed by atoms with Gasteiger partial charge in [-0.2, -0.15) is 12.6 Å². The standard InChI is InChI=1S/C22H44O3S/c1-10-22(18(4)5,16-17(2)3)21(8,9)24-14-13-20(6,7)25-19(23)12-11-15-26/h17-18,26H,10-16H2,1-9H3. The Morgan fingerprint density at radius 2 is 1.65 bits per heavy atom. The van der Waals surface area contributed by atoms with E-state index in [1.54, 1.807) is 0 Å². The molecule has 0 aliphatic carbocycles. The SMILES string of the molecule is CCC(CC(C)C)(C(C)C)C(C)(C)OCCC(C)(C)OC(=O)CCCS. The average Bonchev–Trinajstić information content (AvgIpc) is 2.48. The Kier molecular flexibility index (Phi) is 10.9. The summed E-state index contributed by atoms with van der Waals surface area (Å²) in [6.07, 6.45) is 4.13. The zero-order chi connectivity index (χ0) is 20.6. The summed E-state index contributed by atoms with van der Waals surface area (Å²) in [4.78, 5) is 11.9. The molecule has 1 atom stereocenters. The van der Waals surface area contributed by atoms with Crippen molar-refractivity contribution in [1.82, 2.24) is 0 Å². The summed E-state index contributed by atoms with van der Waals surface area (Å²) < 4.78 is 12.1. The lowest BCUT2D eigenvalue weighted by molar-refractivity contribution is -0.167. The highest BCUT2D eigenvalue weighted by Gasteiger charge is 2.47. The lowest BCUT2D eigenvalue weighted by Crippen LogP contribution is -2.50. The van der Waals surface area contributed by atoms with Crippen LogP contribution in [0.1, 0.15) is 94.4 Å². The second-order valence-corrected chi connectivity index (χ2v) is 9.88. The van der Waals surface area contributed by atoms with E-state index >= 15 is 0 Å². The predicted molar refractivity (Wildman–Crippen MR) is 115 cm³/mol. The summed E-state index contributed by atoms with van der Waals surface area (Å²) in [5.41, 5.74) is -0.602. The van der Waals surface area contributed by atoms with Crippen LogP contribution in [-0.2, 0) is 14.3 Å². The van der Waals surface area contributed by atoms with Gasteiger partial charge in [0.15, 0.2) is 0 Å². The number of rotatable bonds is 13. The van der Waals surface area contributed by atoms with Crippen LogP contribution in [0.25, 0.3) is 0 Å². The molecule has 0 aromatic heterocycles. The van der Waals surface area contributed by atoms with Gasteiger partial charge in [0.05, 0.1) is 12.2 Å². The summed E-state index contributed by atoms with van der Waals surface area (Å²) in [6, 6.07) is 0. The lowest BCUT2D eigenvalue weighted by Gasteiger charge is -2.50. The van der Waals surface area contributed by atoms with Crippen molar-refractivity contribution in [2.75, 3.05) is 12.4 Å². The molecule has 0 radical (unpaired) electrons. The summed E-state index contributed by atoms with van der Waals surface area (Å²) in [5.74, 6) is 1.73. The third-order valence-electron chi connectivity index (χ3n) is 5.80. The van der Waals surface area contributed by atoms with E-state index in [0.717, 1.165) is 19.3 Å². The predicted octanol–water partition coefficient (Wildman–Crippen LogP) is 6.30. The highest BCUT2D eigenvalue weighted by Crippen LogP contribution is 2.48. The molecule has 0 aliphatic rings.